The third kappa shape index (κ3) is 2.89. The van der Waals surface area contributed by atoms with E-state index >= 15 is 0 Å². The van der Waals surface area contributed by atoms with Gasteiger partial charge in [-0.05, 0) is 53.7 Å². The van der Waals surface area contributed by atoms with Crippen LogP contribution < -0.4 is 5.32 Å². The van der Waals surface area contributed by atoms with E-state index in [9.17, 15) is 8.78 Å². The van der Waals surface area contributed by atoms with E-state index in [1.54, 1.807) is 18.8 Å². The molecule has 0 amide bonds. The molecule has 2 rings (SSSR count). The zero-order valence-corrected chi connectivity index (χ0v) is 12.6. The molecule has 0 radical (unpaired) electrons. The maximum Gasteiger partial charge on any atom is 0.145 e. The minimum Gasteiger partial charge on any atom is -0.312 e. The molecule has 2 atom stereocenters. The Morgan fingerprint density at radius 1 is 1.39 bits per heavy atom. The fourth-order valence-corrected chi connectivity index (χ4v) is 4.19. The second-order valence-corrected chi connectivity index (χ2v) is 6.63. The molecule has 18 heavy (non-hydrogen) atoms. The van der Waals surface area contributed by atoms with Crippen molar-refractivity contribution in [1.82, 2.24) is 5.32 Å². The lowest BCUT2D eigenvalue weighted by Gasteiger charge is -2.30. The quantitative estimate of drug-likeness (QED) is 0.827. The van der Waals surface area contributed by atoms with E-state index in [4.69, 9.17) is 0 Å². The van der Waals surface area contributed by atoms with Crippen LogP contribution in [0.2, 0.25) is 0 Å². The SMILES string of the molecule is CNC(c1c(F)ccc(Br)c1F)C1CCCCS1. The van der Waals surface area contributed by atoms with Crippen molar-refractivity contribution in [3.8, 4) is 0 Å². The molecule has 1 N–H and O–H groups in total. The molecule has 0 spiro atoms. The van der Waals surface area contributed by atoms with Crippen molar-refractivity contribution in [2.75, 3.05) is 12.8 Å². The fraction of sp³-hybridized carbons (Fsp3) is 0.538. The predicted octanol–water partition coefficient (Wildman–Crippen LogP) is 4.27. The molecular formula is C13H16BrF2NS. The molecule has 1 aliphatic heterocycles. The average molecular weight is 336 g/mol. The summed E-state index contributed by atoms with van der Waals surface area (Å²) in [6.45, 7) is 0. The Bertz CT molecular complexity index is 422. The number of nitrogens with one attached hydrogen (secondary N) is 1. The summed E-state index contributed by atoms with van der Waals surface area (Å²) < 4.78 is 28.4. The first-order valence-electron chi connectivity index (χ1n) is 6.07. The van der Waals surface area contributed by atoms with Crippen molar-refractivity contribution >= 4 is 27.7 Å². The largest absolute Gasteiger partial charge is 0.312 e. The van der Waals surface area contributed by atoms with Crippen molar-refractivity contribution in [2.24, 2.45) is 0 Å². The molecule has 100 valence electrons. The first-order valence-corrected chi connectivity index (χ1v) is 7.91. The van der Waals surface area contributed by atoms with Crippen LogP contribution in [0, 0.1) is 11.6 Å². The Morgan fingerprint density at radius 3 is 2.78 bits per heavy atom. The van der Waals surface area contributed by atoms with E-state index in [0.717, 1.165) is 18.6 Å². The highest BCUT2D eigenvalue weighted by molar-refractivity contribution is 9.10. The topological polar surface area (TPSA) is 12.0 Å². The van der Waals surface area contributed by atoms with E-state index in [2.05, 4.69) is 21.2 Å². The Hall–Kier alpha value is -0.130. The van der Waals surface area contributed by atoms with Gasteiger partial charge < -0.3 is 5.32 Å². The van der Waals surface area contributed by atoms with Crippen LogP contribution in [0.15, 0.2) is 16.6 Å². The first kappa shape index (κ1) is 14.3. The Labute approximate surface area is 119 Å². The molecule has 0 saturated carbocycles. The normalized spacial score (nSPS) is 21.9. The summed E-state index contributed by atoms with van der Waals surface area (Å²) in [6, 6.07) is 2.46. The third-order valence-corrected chi connectivity index (χ3v) is 5.36. The van der Waals surface area contributed by atoms with Gasteiger partial charge in [0.2, 0.25) is 0 Å². The van der Waals surface area contributed by atoms with Crippen LogP contribution in [-0.2, 0) is 0 Å². The highest BCUT2D eigenvalue weighted by Gasteiger charge is 2.29. The molecule has 1 aromatic carbocycles. The number of thioether (sulfide) groups is 1. The molecule has 1 aromatic rings. The van der Waals surface area contributed by atoms with Crippen LogP contribution in [0.3, 0.4) is 0 Å². The molecule has 5 heteroatoms. The summed E-state index contributed by atoms with van der Waals surface area (Å²) in [5.41, 5.74) is 0.159. The van der Waals surface area contributed by atoms with Gasteiger partial charge in [0.05, 0.1) is 4.47 Å². The van der Waals surface area contributed by atoms with Crippen LogP contribution in [0.25, 0.3) is 0 Å². The monoisotopic (exact) mass is 335 g/mol. The lowest BCUT2D eigenvalue weighted by molar-refractivity contribution is 0.458. The maximum absolute atomic E-state index is 14.1. The van der Waals surface area contributed by atoms with Gasteiger partial charge in [0, 0.05) is 16.9 Å². The van der Waals surface area contributed by atoms with Crippen LogP contribution in [0.4, 0.5) is 8.78 Å². The van der Waals surface area contributed by atoms with Gasteiger partial charge in [-0.15, -0.1) is 0 Å². The summed E-state index contributed by atoms with van der Waals surface area (Å²) in [5.74, 6) is 0.113. The van der Waals surface area contributed by atoms with Crippen molar-refractivity contribution < 1.29 is 8.78 Å². The zero-order chi connectivity index (χ0) is 13.1. The van der Waals surface area contributed by atoms with Crippen molar-refractivity contribution in [2.45, 2.75) is 30.6 Å². The van der Waals surface area contributed by atoms with E-state index < -0.39 is 11.6 Å². The van der Waals surface area contributed by atoms with E-state index in [1.807, 2.05) is 0 Å². The van der Waals surface area contributed by atoms with Crippen LogP contribution in [-0.4, -0.2) is 18.1 Å². The number of benzene rings is 1. The Kier molecular flexibility index (Phi) is 5.04. The maximum atomic E-state index is 14.1. The smallest absolute Gasteiger partial charge is 0.145 e. The van der Waals surface area contributed by atoms with Gasteiger partial charge in [-0.2, -0.15) is 11.8 Å². The van der Waals surface area contributed by atoms with Gasteiger partial charge in [0.25, 0.3) is 0 Å². The molecule has 1 heterocycles. The fourth-order valence-electron chi connectivity index (χ4n) is 2.37. The number of rotatable bonds is 3. The second kappa shape index (κ2) is 6.35. The summed E-state index contributed by atoms with van der Waals surface area (Å²) in [7, 11) is 1.76. The molecular weight excluding hydrogens is 320 g/mol. The Balaban J connectivity index is 2.34. The standard InChI is InChI=1S/C13H16BrF2NS/c1-17-13(10-4-2-3-7-18-10)11-9(15)6-5-8(14)12(11)16/h5-6,10,13,17H,2-4,7H2,1H3. The minimum absolute atomic E-state index is 0.159. The molecule has 2 unspecified atom stereocenters. The van der Waals surface area contributed by atoms with Gasteiger partial charge in [0.15, 0.2) is 0 Å². The van der Waals surface area contributed by atoms with E-state index in [0.29, 0.717) is 4.47 Å². The van der Waals surface area contributed by atoms with Gasteiger partial charge in [-0.25, -0.2) is 8.78 Å². The highest BCUT2D eigenvalue weighted by Crippen LogP contribution is 2.37. The first-order chi connectivity index (χ1) is 8.65. The summed E-state index contributed by atoms with van der Waals surface area (Å²) in [5, 5.41) is 3.31. The number of hydrogen-bond donors (Lipinski definition) is 1. The molecule has 1 nitrogen and oxygen atoms in total. The second-order valence-electron chi connectivity index (χ2n) is 4.43. The molecule has 1 aliphatic rings. The predicted molar refractivity (Wildman–Crippen MR) is 76.0 cm³/mol. The zero-order valence-electron chi connectivity index (χ0n) is 10.2. The molecule has 1 fully saturated rings. The van der Waals surface area contributed by atoms with E-state index in [1.165, 1.54) is 18.6 Å². The van der Waals surface area contributed by atoms with Crippen LogP contribution in [0.5, 0.6) is 0 Å². The van der Waals surface area contributed by atoms with Crippen molar-refractivity contribution in [3.05, 3.63) is 33.8 Å². The highest BCUT2D eigenvalue weighted by atomic mass is 79.9. The summed E-state index contributed by atoms with van der Waals surface area (Å²) in [6.07, 6.45) is 3.33. The third-order valence-electron chi connectivity index (χ3n) is 3.29. The van der Waals surface area contributed by atoms with Crippen LogP contribution >= 0.6 is 27.7 Å². The van der Waals surface area contributed by atoms with Gasteiger partial charge >= 0.3 is 0 Å². The molecule has 0 bridgehead atoms. The molecule has 0 aromatic heterocycles. The number of hydrogen-bond acceptors (Lipinski definition) is 2. The molecule has 1 saturated heterocycles. The molecule has 0 aliphatic carbocycles. The van der Waals surface area contributed by atoms with Crippen LogP contribution in [0.1, 0.15) is 30.9 Å². The lowest BCUT2D eigenvalue weighted by atomic mass is 9.98. The van der Waals surface area contributed by atoms with Crippen molar-refractivity contribution in [1.29, 1.82) is 0 Å². The lowest BCUT2D eigenvalue weighted by Crippen LogP contribution is -2.31. The Morgan fingerprint density at radius 2 is 2.17 bits per heavy atom. The van der Waals surface area contributed by atoms with Gasteiger partial charge in [-0.1, -0.05) is 6.42 Å². The summed E-state index contributed by atoms with van der Waals surface area (Å²) in [4.78, 5) is 0. The number of halogens is 3. The van der Waals surface area contributed by atoms with Gasteiger partial charge in [-0.3, -0.25) is 0 Å². The van der Waals surface area contributed by atoms with E-state index in [-0.39, 0.29) is 16.9 Å². The van der Waals surface area contributed by atoms with Gasteiger partial charge in [0.1, 0.15) is 11.6 Å². The average Bonchev–Trinajstić information content (AvgIpc) is 2.40. The summed E-state index contributed by atoms with van der Waals surface area (Å²) >= 11 is 4.93. The minimum atomic E-state index is -0.486. The van der Waals surface area contributed by atoms with Crippen molar-refractivity contribution in [3.63, 3.8) is 0 Å².